The van der Waals surface area contributed by atoms with E-state index in [1.165, 1.54) is 12.4 Å². The van der Waals surface area contributed by atoms with E-state index in [2.05, 4.69) is 9.97 Å². The summed E-state index contributed by atoms with van der Waals surface area (Å²) in [5.41, 5.74) is -0.00537. The molecule has 3 aliphatic rings. The number of amides is 1. The zero-order valence-electron chi connectivity index (χ0n) is 15.2. The SMILES string of the molecule is O=C(O)C1CN(C(=O)c2cnc(N3CCOCC3)nc2)CC12CCOCC2. The molecule has 1 aromatic heterocycles. The van der Waals surface area contributed by atoms with E-state index in [4.69, 9.17) is 9.47 Å². The van der Waals surface area contributed by atoms with Crippen LogP contribution in [-0.4, -0.2) is 84.5 Å². The van der Waals surface area contributed by atoms with Gasteiger partial charge < -0.3 is 24.4 Å². The highest BCUT2D eigenvalue weighted by Crippen LogP contribution is 2.44. The summed E-state index contributed by atoms with van der Waals surface area (Å²) in [6.07, 6.45) is 4.40. The molecule has 0 aromatic carbocycles. The van der Waals surface area contributed by atoms with Gasteiger partial charge in [-0.25, -0.2) is 9.97 Å². The monoisotopic (exact) mass is 376 g/mol. The lowest BCUT2D eigenvalue weighted by Gasteiger charge is -2.36. The second kappa shape index (κ2) is 7.40. The summed E-state index contributed by atoms with van der Waals surface area (Å²) in [6.45, 7) is 4.48. The number of ether oxygens (including phenoxy) is 2. The molecule has 9 heteroatoms. The molecule has 0 aliphatic carbocycles. The summed E-state index contributed by atoms with van der Waals surface area (Å²) in [5, 5.41) is 9.66. The number of carbonyl (C=O) groups excluding carboxylic acids is 1. The molecule has 1 N–H and O–H groups in total. The van der Waals surface area contributed by atoms with Gasteiger partial charge in [0.25, 0.3) is 5.91 Å². The Labute approximate surface area is 157 Å². The highest BCUT2D eigenvalue weighted by atomic mass is 16.5. The predicted molar refractivity (Wildman–Crippen MR) is 94.6 cm³/mol. The third kappa shape index (κ3) is 3.49. The molecule has 1 amide bonds. The van der Waals surface area contributed by atoms with Gasteiger partial charge in [0.15, 0.2) is 0 Å². The lowest BCUT2D eigenvalue weighted by Crippen LogP contribution is -2.40. The number of morpholine rings is 1. The summed E-state index contributed by atoms with van der Waals surface area (Å²) in [4.78, 5) is 37.0. The fraction of sp³-hybridized carbons (Fsp3) is 0.667. The molecule has 146 valence electrons. The zero-order valence-corrected chi connectivity index (χ0v) is 15.2. The van der Waals surface area contributed by atoms with Crippen LogP contribution in [0.25, 0.3) is 0 Å². The van der Waals surface area contributed by atoms with Crippen LogP contribution >= 0.6 is 0 Å². The van der Waals surface area contributed by atoms with Crippen LogP contribution in [0.4, 0.5) is 5.95 Å². The van der Waals surface area contributed by atoms with Gasteiger partial charge in [-0.05, 0) is 12.8 Å². The Kier molecular flexibility index (Phi) is 4.96. The molecular weight excluding hydrogens is 352 g/mol. The van der Waals surface area contributed by atoms with Gasteiger partial charge in [-0.2, -0.15) is 0 Å². The topological polar surface area (TPSA) is 105 Å². The molecule has 9 nitrogen and oxygen atoms in total. The van der Waals surface area contributed by atoms with E-state index in [-0.39, 0.29) is 12.5 Å². The van der Waals surface area contributed by atoms with E-state index in [0.29, 0.717) is 57.3 Å². The van der Waals surface area contributed by atoms with Crippen molar-refractivity contribution in [2.75, 3.05) is 57.5 Å². The number of likely N-dealkylation sites (tertiary alicyclic amines) is 1. The molecule has 1 atom stereocenters. The Balaban J connectivity index is 1.48. The fourth-order valence-electron chi connectivity index (χ4n) is 4.29. The average molecular weight is 376 g/mol. The first-order valence-corrected chi connectivity index (χ1v) is 9.34. The minimum absolute atomic E-state index is 0.210. The lowest BCUT2D eigenvalue weighted by atomic mass is 9.72. The Hall–Kier alpha value is -2.26. The van der Waals surface area contributed by atoms with Crippen LogP contribution in [0.5, 0.6) is 0 Å². The van der Waals surface area contributed by atoms with Crippen molar-refractivity contribution in [1.29, 1.82) is 0 Å². The molecule has 3 fully saturated rings. The second-order valence-corrected chi connectivity index (χ2v) is 7.42. The van der Waals surface area contributed by atoms with E-state index in [1.807, 2.05) is 4.90 Å². The lowest BCUT2D eigenvalue weighted by molar-refractivity contribution is -0.146. The molecule has 4 rings (SSSR count). The van der Waals surface area contributed by atoms with Crippen LogP contribution in [0.1, 0.15) is 23.2 Å². The van der Waals surface area contributed by atoms with Crippen molar-refractivity contribution < 1.29 is 24.2 Å². The number of carboxylic acids is 1. The van der Waals surface area contributed by atoms with E-state index in [1.54, 1.807) is 4.90 Å². The Bertz CT molecular complexity index is 698. The van der Waals surface area contributed by atoms with Gasteiger partial charge in [-0.15, -0.1) is 0 Å². The van der Waals surface area contributed by atoms with Crippen LogP contribution < -0.4 is 4.90 Å². The minimum Gasteiger partial charge on any atom is -0.481 e. The standard InChI is InChI=1S/C18H24N4O5/c23-15(13-9-19-17(20-10-13)21-3-7-27-8-4-21)22-11-14(16(24)25)18(12-22)1-5-26-6-2-18/h9-10,14H,1-8,11-12H2,(H,24,25). The number of rotatable bonds is 3. The van der Waals surface area contributed by atoms with Gasteiger partial charge in [-0.3, -0.25) is 9.59 Å². The van der Waals surface area contributed by atoms with Gasteiger partial charge in [-0.1, -0.05) is 0 Å². The summed E-state index contributed by atoms with van der Waals surface area (Å²) in [5.74, 6) is -1.02. The first-order chi connectivity index (χ1) is 13.1. The molecule has 4 heterocycles. The van der Waals surface area contributed by atoms with Crippen molar-refractivity contribution in [3.63, 3.8) is 0 Å². The predicted octanol–water partition coefficient (Wildman–Crippen LogP) is 0.267. The number of aromatic nitrogens is 2. The Morgan fingerprint density at radius 2 is 1.70 bits per heavy atom. The van der Waals surface area contributed by atoms with Crippen LogP contribution in [0.2, 0.25) is 0 Å². The largest absolute Gasteiger partial charge is 0.481 e. The van der Waals surface area contributed by atoms with Crippen LogP contribution in [0, 0.1) is 11.3 Å². The molecule has 0 saturated carbocycles. The normalized spacial score (nSPS) is 25.0. The van der Waals surface area contributed by atoms with Gasteiger partial charge in [0.05, 0.1) is 24.7 Å². The average Bonchev–Trinajstić information content (AvgIpc) is 3.07. The number of hydrogen-bond donors (Lipinski definition) is 1. The summed E-state index contributed by atoms with van der Waals surface area (Å²) >= 11 is 0. The summed E-state index contributed by atoms with van der Waals surface area (Å²) in [6, 6.07) is 0. The van der Waals surface area contributed by atoms with Crippen molar-refractivity contribution in [3.8, 4) is 0 Å². The molecule has 27 heavy (non-hydrogen) atoms. The maximum absolute atomic E-state index is 12.9. The van der Waals surface area contributed by atoms with E-state index in [0.717, 1.165) is 13.1 Å². The maximum atomic E-state index is 12.9. The van der Waals surface area contributed by atoms with Gasteiger partial charge in [0.1, 0.15) is 0 Å². The number of aliphatic carboxylic acids is 1. The van der Waals surface area contributed by atoms with Gasteiger partial charge in [0, 0.05) is 57.2 Å². The smallest absolute Gasteiger partial charge is 0.308 e. The van der Waals surface area contributed by atoms with Crippen LogP contribution in [0.3, 0.4) is 0 Å². The number of nitrogens with zero attached hydrogens (tertiary/aromatic N) is 4. The first-order valence-electron chi connectivity index (χ1n) is 9.34. The molecule has 0 radical (unpaired) electrons. The Morgan fingerprint density at radius 1 is 1.07 bits per heavy atom. The Morgan fingerprint density at radius 3 is 2.33 bits per heavy atom. The van der Waals surface area contributed by atoms with E-state index < -0.39 is 17.3 Å². The molecule has 1 aromatic rings. The molecule has 3 saturated heterocycles. The van der Waals surface area contributed by atoms with Gasteiger partial charge >= 0.3 is 5.97 Å². The minimum atomic E-state index is -0.842. The third-order valence-electron chi connectivity index (χ3n) is 5.90. The van der Waals surface area contributed by atoms with Crippen molar-refractivity contribution in [1.82, 2.24) is 14.9 Å². The fourth-order valence-corrected chi connectivity index (χ4v) is 4.29. The quantitative estimate of drug-likeness (QED) is 0.801. The number of carboxylic acid groups (broad SMARTS) is 1. The van der Waals surface area contributed by atoms with E-state index >= 15 is 0 Å². The molecular formula is C18H24N4O5. The van der Waals surface area contributed by atoms with Crippen molar-refractivity contribution in [2.45, 2.75) is 12.8 Å². The molecule has 1 unspecified atom stereocenters. The number of hydrogen-bond acceptors (Lipinski definition) is 7. The number of carbonyl (C=O) groups is 2. The third-order valence-corrected chi connectivity index (χ3v) is 5.90. The number of anilines is 1. The van der Waals surface area contributed by atoms with E-state index in [9.17, 15) is 14.7 Å². The summed E-state index contributed by atoms with van der Waals surface area (Å²) in [7, 11) is 0. The molecule has 1 spiro atoms. The van der Waals surface area contributed by atoms with Crippen LogP contribution in [0.15, 0.2) is 12.4 Å². The second-order valence-electron chi connectivity index (χ2n) is 7.42. The van der Waals surface area contributed by atoms with Gasteiger partial charge in [0.2, 0.25) is 5.95 Å². The summed E-state index contributed by atoms with van der Waals surface area (Å²) < 4.78 is 10.7. The highest BCUT2D eigenvalue weighted by Gasteiger charge is 2.52. The highest BCUT2D eigenvalue weighted by molar-refractivity contribution is 5.94. The van der Waals surface area contributed by atoms with Crippen molar-refractivity contribution in [3.05, 3.63) is 18.0 Å². The van der Waals surface area contributed by atoms with Crippen molar-refractivity contribution >= 4 is 17.8 Å². The molecule has 0 bridgehead atoms. The first kappa shape index (κ1) is 18.1. The zero-order chi connectivity index (χ0) is 18.9. The van der Waals surface area contributed by atoms with Crippen molar-refractivity contribution in [2.24, 2.45) is 11.3 Å². The molecule has 3 aliphatic heterocycles. The van der Waals surface area contributed by atoms with Crippen LogP contribution in [-0.2, 0) is 14.3 Å². The maximum Gasteiger partial charge on any atom is 0.308 e.